The molecule has 0 saturated carbocycles. The van der Waals surface area contributed by atoms with Gasteiger partial charge in [0.15, 0.2) is 0 Å². The molecule has 0 fully saturated rings. The maximum atomic E-state index is 11.8. The maximum absolute atomic E-state index is 11.8. The summed E-state index contributed by atoms with van der Waals surface area (Å²) in [6.07, 6.45) is 2.63. The Kier molecular flexibility index (Phi) is 5.49. The van der Waals surface area contributed by atoms with E-state index in [1.54, 1.807) is 16.2 Å². The van der Waals surface area contributed by atoms with Gasteiger partial charge in [0, 0.05) is 18.5 Å². The van der Waals surface area contributed by atoms with Crippen LogP contribution in [0, 0.1) is 0 Å². The van der Waals surface area contributed by atoms with Gasteiger partial charge in [-0.1, -0.05) is 19.4 Å². The number of rotatable bonds is 6. The Morgan fingerprint density at radius 3 is 2.94 bits per heavy atom. The third-order valence-corrected chi connectivity index (χ3v) is 3.50. The molecule has 0 aliphatic carbocycles. The number of carbonyl (C=O) groups excluding carboxylic acids is 1. The standard InChI is InChI=1S/C12H20N2OS/c1-3-5-11(13)12(15)14(2)8-7-10-6-4-9-16-10/h4,6,9,11H,3,5,7-8,13H2,1-2H3. The second kappa shape index (κ2) is 6.66. The largest absolute Gasteiger partial charge is 0.344 e. The van der Waals surface area contributed by atoms with E-state index in [1.165, 1.54) is 4.88 Å². The highest BCUT2D eigenvalue weighted by molar-refractivity contribution is 7.09. The molecule has 0 aromatic carbocycles. The molecule has 0 bridgehead atoms. The van der Waals surface area contributed by atoms with Crippen molar-refractivity contribution in [1.29, 1.82) is 0 Å². The molecular weight excluding hydrogens is 220 g/mol. The lowest BCUT2D eigenvalue weighted by atomic mass is 10.1. The number of nitrogens with two attached hydrogens (primary N) is 1. The first-order valence-electron chi connectivity index (χ1n) is 5.68. The fourth-order valence-electron chi connectivity index (χ4n) is 1.56. The molecule has 1 rings (SSSR count). The monoisotopic (exact) mass is 240 g/mol. The second-order valence-corrected chi connectivity index (χ2v) is 5.02. The molecule has 1 aromatic rings. The molecule has 1 unspecified atom stereocenters. The van der Waals surface area contributed by atoms with Crippen LogP contribution in [0.25, 0.3) is 0 Å². The van der Waals surface area contributed by atoms with Gasteiger partial charge in [-0.15, -0.1) is 11.3 Å². The van der Waals surface area contributed by atoms with Crippen LogP contribution in [0.15, 0.2) is 17.5 Å². The van der Waals surface area contributed by atoms with Crippen LogP contribution in [0.5, 0.6) is 0 Å². The maximum Gasteiger partial charge on any atom is 0.239 e. The molecule has 90 valence electrons. The van der Waals surface area contributed by atoms with Gasteiger partial charge in [-0.05, 0) is 24.3 Å². The van der Waals surface area contributed by atoms with Gasteiger partial charge in [0.05, 0.1) is 6.04 Å². The first-order chi connectivity index (χ1) is 7.65. The number of hydrogen-bond donors (Lipinski definition) is 1. The van der Waals surface area contributed by atoms with Gasteiger partial charge in [0.2, 0.25) is 5.91 Å². The Labute approximate surface area is 101 Å². The minimum atomic E-state index is -0.335. The van der Waals surface area contributed by atoms with Crippen molar-refractivity contribution >= 4 is 17.2 Å². The molecule has 4 heteroatoms. The van der Waals surface area contributed by atoms with Crippen LogP contribution in [-0.2, 0) is 11.2 Å². The Morgan fingerprint density at radius 2 is 2.38 bits per heavy atom. The number of nitrogens with zero attached hydrogens (tertiary/aromatic N) is 1. The normalized spacial score (nSPS) is 12.4. The first-order valence-corrected chi connectivity index (χ1v) is 6.56. The zero-order valence-corrected chi connectivity index (χ0v) is 10.8. The molecule has 1 aromatic heterocycles. The summed E-state index contributed by atoms with van der Waals surface area (Å²) in [7, 11) is 1.82. The van der Waals surface area contributed by atoms with E-state index >= 15 is 0 Å². The molecule has 0 spiro atoms. The zero-order valence-electron chi connectivity index (χ0n) is 9.98. The number of carbonyl (C=O) groups is 1. The third-order valence-electron chi connectivity index (χ3n) is 2.57. The first kappa shape index (κ1) is 13.2. The molecule has 0 saturated heterocycles. The molecule has 3 nitrogen and oxygen atoms in total. The minimum absolute atomic E-state index is 0.0541. The third kappa shape index (κ3) is 3.94. The summed E-state index contributed by atoms with van der Waals surface area (Å²) >= 11 is 1.73. The highest BCUT2D eigenvalue weighted by Crippen LogP contribution is 2.09. The van der Waals surface area contributed by atoms with E-state index in [0.29, 0.717) is 0 Å². The Balaban J connectivity index is 2.34. The van der Waals surface area contributed by atoms with Crippen molar-refractivity contribution in [1.82, 2.24) is 4.90 Å². The van der Waals surface area contributed by atoms with Crippen LogP contribution in [0.3, 0.4) is 0 Å². The fourth-order valence-corrected chi connectivity index (χ4v) is 2.26. The van der Waals surface area contributed by atoms with Gasteiger partial charge in [-0.3, -0.25) is 4.79 Å². The predicted octanol–water partition coefficient (Wildman–Crippen LogP) is 1.88. The number of amides is 1. The summed E-state index contributed by atoms with van der Waals surface area (Å²) in [5.74, 6) is 0.0541. The van der Waals surface area contributed by atoms with E-state index in [4.69, 9.17) is 5.73 Å². The van der Waals surface area contributed by atoms with Crippen LogP contribution < -0.4 is 5.73 Å². The molecule has 0 aliphatic rings. The minimum Gasteiger partial charge on any atom is -0.344 e. The molecule has 1 amide bonds. The summed E-state index contributed by atoms with van der Waals surface area (Å²) in [5.41, 5.74) is 5.79. The summed E-state index contributed by atoms with van der Waals surface area (Å²) < 4.78 is 0. The SMILES string of the molecule is CCCC(N)C(=O)N(C)CCc1cccs1. The lowest BCUT2D eigenvalue weighted by Crippen LogP contribution is -2.42. The van der Waals surface area contributed by atoms with Crippen molar-refractivity contribution in [2.75, 3.05) is 13.6 Å². The number of thiophene rings is 1. The number of hydrogen-bond acceptors (Lipinski definition) is 3. The van der Waals surface area contributed by atoms with Crippen LogP contribution in [-0.4, -0.2) is 30.4 Å². The molecule has 0 aliphatic heterocycles. The van der Waals surface area contributed by atoms with Crippen LogP contribution >= 0.6 is 11.3 Å². The average Bonchev–Trinajstić information content (AvgIpc) is 2.78. The lowest BCUT2D eigenvalue weighted by molar-refractivity contribution is -0.131. The predicted molar refractivity (Wildman–Crippen MR) is 68.5 cm³/mol. The number of likely N-dealkylation sites (N-methyl/N-ethyl adjacent to an activating group) is 1. The molecule has 1 heterocycles. The molecule has 0 radical (unpaired) electrons. The molecule has 1 atom stereocenters. The Hall–Kier alpha value is -0.870. The molecule has 16 heavy (non-hydrogen) atoms. The summed E-state index contributed by atoms with van der Waals surface area (Å²) in [6.45, 7) is 2.79. The van der Waals surface area contributed by atoms with E-state index in [2.05, 4.69) is 11.4 Å². The van der Waals surface area contributed by atoms with Crippen LogP contribution in [0.1, 0.15) is 24.6 Å². The van der Waals surface area contributed by atoms with Crippen molar-refractivity contribution in [3.05, 3.63) is 22.4 Å². The zero-order chi connectivity index (χ0) is 12.0. The molecular formula is C12H20N2OS. The summed E-state index contributed by atoms with van der Waals surface area (Å²) in [4.78, 5) is 14.8. The van der Waals surface area contributed by atoms with Crippen molar-refractivity contribution < 1.29 is 4.79 Å². The highest BCUT2D eigenvalue weighted by atomic mass is 32.1. The van der Waals surface area contributed by atoms with Crippen molar-refractivity contribution in [3.63, 3.8) is 0 Å². The van der Waals surface area contributed by atoms with Gasteiger partial charge in [-0.25, -0.2) is 0 Å². The summed E-state index contributed by atoms with van der Waals surface area (Å²) in [5, 5.41) is 2.06. The topological polar surface area (TPSA) is 46.3 Å². The Bertz CT molecular complexity index is 311. The van der Waals surface area contributed by atoms with Crippen molar-refractivity contribution in [3.8, 4) is 0 Å². The van der Waals surface area contributed by atoms with Gasteiger partial charge in [-0.2, -0.15) is 0 Å². The van der Waals surface area contributed by atoms with Crippen molar-refractivity contribution in [2.45, 2.75) is 32.2 Å². The van der Waals surface area contributed by atoms with E-state index in [1.807, 2.05) is 20.0 Å². The van der Waals surface area contributed by atoms with Gasteiger partial charge in [0.25, 0.3) is 0 Å². The van der Waals surface area contributed by atoms with Gasteiger partial charge < -0.3 is 10.6 Å². The second-order valence-electron chi connectivity index (χ2n) is 3.98. The quantitative estimate of drug-likeness (QED) is 0.825. The van der Waals surface area contributed by atoms with E-state index in [-0.39, 0.29) is 11.9 Å². The Morgan fingerprint density at radius 1 is 1.62 bits per heavy atom. The summed E-state index contributed by atoms with van der Waals surface area (Å²) in [6, 6.07) is 3.79. The molecule has 2 N–H and O–H groups in total. The van der Waals surface area contributed by atoms with Gasteiger partial charge >= 0.3 is 0 Å². The fraction of sp³-hybridized carbons (Fsp3) is 0.583. The smallest absolute Gasteiger partial charge is 0.239 e. The average molecular weight is 240 g/mol. The van der Waals surface area contributed by atoms with Crippen LogP contribution in [0.2, 0.25) is 0 Å². The highest BCUT2D eigenvalue weighted by Gasteiger charge is 2.16. The van der Waals surface area contributed by atoms with E-state index < -0.39 is 0 Å². The lowest BCUT2D eigenvalue weighted by Gasteiger charge is -2.20. The van der Waals surface area contributed by atoms with Crippen LogP contribution in [0.4, 0.5) is 0 Å². The van der Waals surface area contributed by atoms with E-state index in [9.17, 15) is 4.79 Å². The van der Waals surface area contributed by atoms with Gasteiger partial charge in [0.1, 0.15) is 0 Å². The van der Waals surface area contributed by atoms with E-state index in [0.717, 1.165) is 25.8 Å². The van der Waals surface area contributed by atoms with Crippen molar-refractivity contribution in [2.24, 2.45) is 5.73 Å².